The van der Waals surface area contributed by atoms with Gasteiger partial charge in [0.05, 0.1) is 17.2 Å². The van der Waals surface area contributed by atoms with Crippen molar-refractivity contribution in [3.8, 4) is 5.75 Å². The molecule has 1 amide bonds. The fourth-order valence-corrected chi connectivity index (χ4v) is 3.30. The fourth-order valence-electron chi connectivity index (χ4n) is 3.30. The molecular weight excluding hydrogens is 390 g/mol. The summed E-state index contributed by atoms with van der Waals surface area (Å²) < 4.78 is 7.41. The number of hydrogen-bond acceptors (Lipinski definition) is 4. The maximum absolute atomic E-state index is 12.5. The summed E-state index contributed by atoms with van der Waals surface area (Å²) in [6.45, 7) is 1.09. The van der Waals surface area contributed by atoms with Crippen molar-refractivity contribution in [2.45, 2.75) is 26.1 Å². The molecule has 1 aromatic heterocycles. The maximum Gasteiger partial charge on any atom is 0.261 e. The van der Waals surface area contributed by atoms with E-state index in [2.05, 4.69) is 10.3 Å². The Labute approximate surface area is 180 Å². The molecule has 4 rings (SSSR count). The van der Waals surface area contributed by atoms with Crippen molar-refractivity contribution in [2.24, 2.45) is 0 Å². The Bertz CT molecular complexity index is 1240. The maximum atomic E-state index is 12.5. The van der Waals surface area contributed by atoms with Crippen LogP contribution in [0.5, 0.6) is 5.75 Å². The number of benzene rings is 3. The number of para-hydroxylation sites is 2. The molecule has 0 unspecified atom stereocenters. The van der Waals surface area contributed by atoms with Gasteiger partial charge in [0.2, 0.25) is 5.91 Å². The highest BCUT2D eigenvalue weighted by atomic mass is 16.5. The van der Waals surface area contributed by atoms with Gasteiger partial charge in [-0.2, -0.15) is 0 Å². The molecule has 3 aromatic carbocycles. The zero-order valence-electron chi connectivity index (χ0n) is 17.0. The molecule has 6 nitrogen and oxygen atoms in total. The van der Waals surface area contributed by atoms with Gasteiger partial charge in [0, 0.05) is 25.1 Å². The Morgan fingerprint density at radius 1 is 0.935 bits per heavy atom. The number of rotatable bonds is 8. The molecule has 4 aromatic rings. The standard InChI is InChI=1S/C25H23N3O3/c29-24(14-15-28-18-27-22-12-6-5-11-21(22)25(28)30)26-16-20-10-4-7-13-23(20)31-17-19-8-2-1-3-9-19/h1-13,18H,14-17H2,(H,26,29). The summed E-state index contributed by atoms with van der Waals surface area (Å²) >= 11 is 0. The zero-order chi connectivity index (χ0) is 21.5. The highest BCUT2D eigenvalue weighted by Gasteiger charge is 2.08. The molecular formula is C25H23N3O3. The first-order valence-corrected chi connectivity index (χ1v) is 10.2. The number of hydrogen-bond donors (Lipinski definition) is 1. The van der Waals surface area contributed by atoms with E-state index in [1.807, 2.05) is 60.7 Å². The molecule has 156 valence electrons. The van der Waals surface area contributed by atoms with Gasteiger partial charge in [-0.3, -0.25) is 14.2 Å². The monoisotopic (exact) mass is 413 g/mol. The number of aromatic nitrogens is 2. The van der Waals surface area contributed by atoms with E-state index in [0.717, 1.165) is 16.9 Å². The summed E-state index contributed by atoms with van der Waals surface area (Å²) in [6, 6.07) is 24.8. The van der Waals surface area contributed by atoms with Gasteiger partial charge in [0.1, 0.15) is 12.4 Å². The van der Waals surface area contributed by atoms with Crippen molar-refractivity contribution < 1.29 is 9.53 Å². The number of amides is 1. The van der Waals surface area contributed by atoms with Crippen LogP contribution < -0.4 is 15.6 Å². The Hall–Kier alpha value is -3.93. The summed E-state index contributed by atoms with van der Waals surface area (Å²) in [7, 11) is 0. The molecule has 0 spiro atoms. The molecule has 0 atom stereocenters. The third kappa shape index (κ3) is 5.17. The molecule has 31 heavy (non-hydrogen) atoms. The van der Waals surface area contributed by atoms with Crippen molar-refractivity contribution in [2.75, 3.05) is 0 Å². The summed E-state index contributed by atoms with van der Waals surface area (Å²) in [5.74, 6) is 0.597. The zero-order valence-corrected chi connectivity index (χ0v) is 17.0. The average molecular weight is 413 g/mol. The van der Waals surface area contributed by atoms with Gasteiger partial charge < -0.3 is 10.1 Å². The molecule has 0 aliphatic rings. The van der Waals surface area contributed by atoms with E-state index in [1.54, 1.807) is 18.2 Å². The molecule has 0 saturated carbocycles. The lowest BCUT2D eigenvalue weighted by Crippen LogP contribution is -2.27. The van der Waals surface area contributed by atoms with Crippen molar-refractivity contribution in [1.29, 1.82) is 0 Å². The number of nitrogens with zero attached hydrogens (tertiary/aromatic N) is 2. The summed E-state index contributed by atoms with van der Waals surface area (Å²) in [4.78, 5) is 29.2. The Kier molecular flexibility index (Phi) is 6.38. The van der Waals surface area contributed by atoms with E-state index in [0.29, 0.717) is 24.1 Å². The van der Waals surface area contributed by atoms with Gasteiger partial charge in [-0.1, -0.05) is 60.7 Å². The van der Waals surface area contributed by atoms with Gasteiger partial charge in [0.15, 0.2) is 0 Å². The second-order valence-electron chi connectivity index (χ2n) is 7.17. The van der Waals surface area contributed by atoms with Gasteiger partial charge >= 0.3 is 0 Å². The minimum atomic E-state index is -0.141. The first kappa shape index (κ1) is 20.3. The lowest BCUT2D eigenvalue weighted by molar-refractivity contribution is -0.121. The van der Waals surface area contributed by atoms with E-state index in [-0.39, 0.29) is 24.4 Å². The predicted molar refractivity (Wildman–Crippen MR) is 120 cm³/mol. The van der Waals surface area contributed by atoms with Crippen LogP contribution in [-0.2, 0) is 24.5 Å². The van der Waals surface area contributed by atoms with E-state index in [4.69, 9.17) is 4.74 Å². The highest BCUT2D eigenvalue weighted by molar-refractivity contribution is 5.77. The molecule has 0 fully saturated rings. The Balaban J connectivity index is 1.33. The van der Waals surface area contributed by atoms with E-state index >= 15 is 0 Å². The van der Waals surface area contributed by atoms with Crippen LogP contribution in [0.2, 0.25) is 0 Å². The quantitative estimate of drug-likeness (QED) is 0.478. The van der Waals surface area contributed by atoms with E-state index in [1.165, 1.54) is 10.9 Å². The number of ether oxygens (including phenoxy) is 1. The van der Waals surface area contributed by atoms with E-state index < -0.39 is 0 Å². The molecule has 0 bridgehead atoms. The second-order valence-corrected chi connectivity index (χ2v) is 7.17. The molecule has 0 aliphatic carbocycles. The lowest BCUT2D eigenvalue weighted by atomic mass is 10.2. The topological polar surface area (TPSA) is 73.2 Å². The van der Waals surface area contributed by atoms with Gasteiger partial charge in [-0.15, -0.1) is 0 Å². The molecule has 0 saturated heterocycles. The number of nitrogens with one attached hydrogen (secondary N) is 1. The van der Waals surface area contributed by atoms with Crippen molar-refractivity contribution in [1.82, 2.24) is 14.9 Å². The Morgan fingerprint density at radius 2 is 1.68 bits per heavy atom. The number of carbonyl (C=O) groups is 1. The van der Waals surface area contributed by atoms with Crippen molar-refractivity contribution >= 4 is 16.8 Å². The summed E-state index contributed by atoms with van der Waals surface area (Å²) in [6.07, 6.45) is 1.68. The third-order valence-corrected chi connectivity index (χ3v) is 5.00. The molecule has 1 N–H and O–H groups in total. The normalized spacial score (nSPS) is 10.7. The first-order valence-electron chi connectivity index (χ1n) is 10.2. The van der Waals surface area contributed by atoms with Crippen LogP contribution in [0.3, 0.4) is 0 Å². The summed E-state index contributed by atoms with van der Waals surface area (Å²) in [5.41, 5.74) is 2.49. The highest BCUT2D eigenvalue weighted by Crippen LogP contribution is 2.19. The smallest absolute Gasteiger partial charge is 0.261 e. The summed E-state index contributed by atoms with van der Waals surface area (Å²) in [5, 5.41) is 3.46. The minimum Gasteiger partial charge on any atom is -0.489 e. The van der Waals surface area contributed by atoms with Crippen molar-refractivity contribution in [3.63, 3.8) is 0 Å². The van der Waals surface area contributed by atoms with E-state index in [9.17, 15) is 9.59 Å². The molecule has 1 heterocycles. The van der Waals surface area contributed by atoms with Crippen LogP contribution in [-0.4, -0.2) is 15.5 Å². The van der Waals surface area contributed by atoms with Gasteiger partial charge in [0.25, 0.3) is 5.56 Å². The van der Waals surface area contributed by atoms with Gasteiger partial charge in [-0.05, 0) is 23.8 Å². The number of fused-ring (bicyclic) bond motifs is 1. The largest absolute Gasteiger partial charge is 0.489 e. The minimum absolute atomic E-state index is 0.141. The van der Waals surface area contributed by atoms with Crippen LogP contribution >= 0.6 is 0 Å². The van der Waals surface area contributed by atoms with Crippen molar-refractivity contribution in [3.05, 3.63) is 107 Å². The van der Waals surface area contributed by atoms with Crippen LogP contribution in [0, 0.1) is 0 Å². The first-order chi connectivity index (χ1) is 15.2. The van der Waals surface area contributed by atoms with Crippen LogP contribution in [0.15, 0.2) is 90.0 Å². The molecule has 6 heteroatoms. The lowest BCUT2D eigenvalue weighted by Gasteiger charge is -2.13. The third-order valence-electron chi connectivity index (χ3n) is 5.00. The SMILES string of the molecule is O=C(CCn1cnc2ccccc2c1=O)NCc1ccccc1OCc1ccccc1. The predicted octanol–water partition coefficient (Wildman–Crippen LogP) is 3.68. The number of carbonyl (C=O) groups excluding carboxylic acids is 1. The fraction of sp³-hybridized carbons (Fsp3) is 0.160. The van der Waals surface area contributed by atoms with Crippen LogP contribution in [0.1, 0.15) is 17.5 Å². The van der Waals surface area contributed by atoms with Crippen LogP contribution in [0.4, 0.5) is 0 Å². The Morgan fingerprint density at radius 3 is 2.55 bits per heavy atom. The second kappa shape index (κ2) is 9.71. The van der Waals surface area contributed by atoms with Crippen LogP contribution in [0.25, 0.3) is 10.9 Å². The number of aryl methyl sites for hydroxylation is 1. The molecule has 0 aliphatic heterocycles. The molecule has 0 radical (unpaired) electrons. The van der Waals surface area contributed by atoms with Gasteiger partial charge in [-0.25, -0.2) is 4.98 Å². The average Bonchev–Trinajstić information content (AvgIpc) is 2.82.